The molecular weight excluding hydrogens is 501 g/mol. The van der Waals surface area contributed by atoms with E-state index in [1.54, 1.807) is 48.5 Å². The lowest BCUT2D eigenvalue weighted by atomic mass is 10.1. The van der Waals surface area contributed by atoms with Gasteiger partial charge in [0.2, 0.25) is 0 Å². The van der Waals surface area contributed by atoms with Gasteiger partial charge in [-0.25, -0.2) is 9.59 Å². The summed E-state index contributed by atoms with van der Waals surface area (Å²) < 4.78 is 52.3. The lowest BCUT2D eigenvalue weighted by molar-refractivity contribution is -0.138. The average Bonchev–Trinajstić information content (AvgIpc) is 2.88. The first-order valence-corrected chi connectivity index (χ1v) is 11.7. The zero-order valence-corrected chi connectivity index (χ0v) is 20.4. The fourth-order valence-corrected chi connectivity index (χ4v) is 3.28. The van der Waals surface area contributed by atoms with E-state index in [4.69, 9.17) is 25.7 Å². The standard InChI is InChI=1S/C28H27F3N2O5/c29-28(30,31)15-1-16-36-23-10-5-20(6-11-23)27(35)38-24-8-2-19(3-9-24)4-13-26(34)37-17-14-21-18-22(32)7-12-25(21)33/h2-13,18H,1,14-17,32-33H2/b13-4+. The third kappa shape index (κ3) is 9.53. The van der Waals surface area contributed by atoms with E-state index in [2.05, 4.69) is 0 Å². The topological polar surface area (TPSA) is 114 Å². The molecule has 0 aromatic heterocycles. The summed E-state index contributed by atoms with van der Waals surface area (Å²) in [5.41, 5.74) is 14.5. The number of carbonyl (C=O) groups is 2. The summed E-state index contributed by atoms with van der Waals surface area (Å²) in [5.74, 6) is -0.480. The molecule has 0 heterocycles. The Morgan fingerprint density at radius 3 is 2.24 bits per heavy atom. The molecule has 3 rings (SSSR count). The normalized spacial score (nSPS) is 11.3. The molecule has 0 unspecified atom stereocenters. The van der Waals surface area contributed by atoms with Crippen LogP contribution in [0.4, 0.5) is 24.5 Å². The van der Waals surface area contributed by atoms with Crippen LogP contribution in [0.5, 0.6) is 11.5 Å². The van der Waals surface area contributed by atoms with Crippen molar-refractivity contribution < 1.29 is 37.0 Å². The Hall–Kier alpha value is -4.47. The molecule has 7 nitrogen and oxygen atoms in total. The minimum absolute atomic E-state index is 0.0831. The van der Waals surface area contributed by atoms with Crippen LogP contribution in [-0.2, 0) is 16.0 Å². The zero-order valence-electron chi connectivity index (χ0n) is 20.4. The molecule has 0 radical (unpaired) electrons. The average molecular weight is 529 g/mol. The van der Waals surface area contributed by atoms with E-state index in [9.17, 15) is 22.8 Å². The van der Waals surface area contributed by atoms with E-state index in [-0.39, 0.29) is 25.2 Å². The summed E-state index contributed by atoms with van der Waals surface area (Å²) in [6, 6.07) is 17.5. The number of carbonyl (C=O) groups excluding carboxylic acids is 2. The first-order chi connectivity index (χ1) is 18.1. The molecule has 0 saturated heterocycles. The number of rotatable bonds is 11. The van der Waals surface area contributed by atoms with Gasteiger partial charge in [-0.1, -0.05) is 12.1 Å². The van der Waals surface area contributed by atoms with Crippen LogP contribution in [0.1, 0.15) is 34.3 Å². The lowest BCUT2D eigenvalue weighted by Crippen LogP contribution is -2.10. The van der Waals surface area contributed by atoms with Gasteiger partial charge in [-0.05, 0) is 78.2 Å². The summed E-state index contributed by atoms with van der Waals surface area (Å²) >= 11 is 0. The van der Waals surface area contributed by atoms with Crippen molar-refractivity contribution in [2.24, 2.45) is 0 Å². The number of esters is 2. The molecule has 0 aliphatic heterocycles. The Morgan fingerprint density at radius 2 is 1.55 bits per heavy atom. The smallest absolute Gasteiger partial charge is 0.389 e. The third-order valence-corrected chi connectivity index (χ3v) is 5.25. The fraction of sp³-hybridized carbons (Fsp3) is 0.214. The number of ether oxygens (including phenoxy) is 3. The molecule has 200 valence electrons. The quantitative estimate of drug-likeness (QED) is 0.110. The first-order valence-electron chi connectivity index (χ1n) is 11.7. The van der Waals surface area contributed by atoms with Gasteiger partial charge in [0.25, 0.3) is 0 Å². The van der Waals surface area contributed by atoms with E-state index in [1.165, 1.54) is 30.3 Å². The van der Waals surface area contributed by atoms with Crippen molar-refractivity contribution >= 4 is 29.4 Å². The zero-order chi connectivity index (χ0) is 27.5. The monoisotopic (exact) mass is 528 g/mol. The van der Waals surface area contributed by atoms with Crippen molar-refractivity contribution in [1.29, 1.82) is 0 Å². The molecule has 0 amide bonds. The molecular formula is C28H27F3N2O5. The van der Waals surface area contributed by atoms with Crippen LogP contribution in [-0.4, -0.2) is 31.3 Å². The minimum atomic E-state index is -4.22. The van der Waals surface area contributed by atoms with Gasteiger partial charge in [0, 0.05) is 30.3 Å². The number of alkyl halides is 3. The van der Waals surface area contributed by atoms with Gasteiger partial charge >= 0.3 is 18.1 Å². The molecule has 0 spiro atoms. The highest BCUT2D eigenvalue weighted by molar-refractivity contribution is 5.91. The van der Waals surface area contributed by atoms with Gasteiger partial charge in [-0.3, -0.25) is 0 Å². The minimum Gasteiger partial charge on any atom is -0.494 e. The summed E-state index contributed by atoms with van der Waals surface area (Å²) in [5, 5.41) is 0. The molecule has 0 atom stereocenters. The van der Waals surface area contributed by atoms with E-state index >= 15 is 0 Å². The predicted octanol–water partition coefficient (Wildman–Crippen LogP) is 5.59. The van der Waals surface area contributed by atoms with Gasteiger partial charge in [0.05, 0.1) is 18.8 Å². The maximum absolute atomic E-state index is 12.4. The largest absolute Gasteiger partial charge is 0.494 e. The summed E-state index contributed by atoms with van der Waals surface area (Å²) in [6.45, 7) is 0.0665. The Kier molecular flexibility index (Phi) is 9.75. The van der Waals surface area contributed by atoms with E-state index in [0.29, 0.717) is 34.9 Å². The van der Waals surface area contributed by atoms with Crippen molar-refractivity contribution in [3.63, 3.8) is 0 Å². The number of halogens is 3. The number of hydrogen-bond acceptors (Lipinski definition) is 7. The number of benzene rings is 3. The summed E-state index contributed by atoms with van der Waals surface area (Å²) in [4.78, 5) is 24.3. The molecule has 0 aliphatic carbocycles. The predicted molar refractivity (Wildman–Crippen MR) is 138 cm³/mol. The highest BCUT2D eigenvalue weighted by atomic mass is 19.4. The van der Waals surface area contributed by atoms with Crippen molar-refractivity contribution in [2.45, 2.75) is 25.4 Å². The first kappa shape index (κ1) is 28.1. The van der Waals surface area contributed by atoms with Crippen LogP contribution in [0.3, 0.4) is 0 Å². The van der Waals surface area contributed by atoms with Crippen LogP contribution in [0, 0.1) is 0 Å². The van der Waals surface area contributed by atoms with Crippen molar-refractivity contribution in [3.05, 3.63) is 89.5 Å². The van der Waals surface area contributed by atoms with Crippen LogP contribution in [0.2, 0.25) is 0 Å². The molecule has 0 saturated carbocycles. The maximum atomic E-state index is 12.4. The van der Waals surface area contributed by atoms with E-state index in [0.717, 1.165) is 5.56 Å². The molecule has 4 N–H and O–H groups in total. The van der Waals surface area contributed by atoms with Crippen molar-refractivity contribution in [1.82, 2.24) is 0 Å². The Balaban J connectivity index is 1.42. The van der Waals surface area contributed by atoms with Gasteiger partial charge < -0.3 is 25.7 Å². The van der Waals surface area contributed by atoms with Gasteiger partial charge in [0.1, 0.15) is 11.5 Å². The molecule has 0 bridgehead atoms. The summed E-state index contributed by atoms with van der Waals surface area (Å²) in [7, 11) is 0. The second kappa shape index (κ2) is 13.2. The second-order valence-corrected chi connectivity index (χ2v) is 8.26. The number of nitrogen functional groups attached to an aromatic ring is 2. The second-order valence-electron chi connectivity index (χ2n) is 8.26. The van der Waals surface area contributed by atoms with Gasteiger partial charge in [0.15, 0.2) is 0 Å². The lowest BCUT2D eigenvalue weighted by Gasteiger charge is -2.09. The fourth-order valence-electron chi connectivity index (χ4n) is 3.28. The van der Waals surface area contributed by atoms with Crippen LogP contribution in [0.25, 0.3) is 6.08 Å². The molecule has 10 heteroatoms. The Morgan fingerprint density at radius 1 is 0.868 bits per heavy atom. The van der Waals surface area contributed by atoms with Crippen LogP contribution >= 0.6 is 0 Å². The van der Waals surface area contributed by atoms with Gasteiger partial charge in [-0.15, -0.1) is 0 Å². The number of hydrogen-bond donors (Lipinski definition) is 2. The molecule has 0 fully saturated rings. The number of nitrogens with two attached hydrogens (primary N) is 2. The Labute approximate surface area is 217 Å². The van der Waals surface area contributed by atoms with Crippen molar-refractivity contribution in [2.75, 3.05) is 24.7 Å². The third-order valence-electron chi connectivity index (χ3n) is 5.25. The molecule has 38 heavy (non-hydrogen) atoms. The molecule has 3 aromatic carbocycles. The summed E-state index contributed by atoms with van der Waals surface area (Å²) in [6.07, 6.45) is -2.00. The Bertz CT molecular complexity index is 1260. The van der Waals surface area contributed by atoms with Gasteiger partial charge in [-0.2, -0.15) is 13.2 Å². The van der Waals surface area contributed by atoms with Crippen molar-refractivity contribution in [3.8, 4) is 11.5 Å². The maximum Gasteiger partial charge on any atom is 0.389 e. The van der Waals surface area contributed by atoms with Crippen LogP contribution < -0.4 is 20.9 Å². The SMILES string of the molecule is Nc1ccc(N)c(CCOC(=O)/C=C/c2ccc(OC(=O)c3ccc(OCCCC(F)(F)F)cc3)cc2)c1. The van der Waals surface area contributed by atoms with E-state index in [1.807, 2.05) is 0 Å². The van der Waals surface area contributed by atoms with Crippen LogP contribution in [0.15, 0.2) is 72.8 Å². The molecule has 0 aliphatic rings. The molecule has 3 aromatic rings. The number of anilines is 2. The van der Waals surface area contributed by atoms with E-state index < -0.39 is 24.5 Å². The highest BCUT2D eigenvalue weighted by Crippen LogP contribution is 2.22. The highest BCUT2D eigenvalue weighted by Gasteiger charge is 2.26.